The molecule has 0 nitrogen and oxygen atoms in total. The molecule has 0 heterocycles. The number of fused-ring (bicyclic) bond motifs is 8. The second-order valence-electron chi connectivity index (χ2n) is 15.6. The van der Waals surface area contributed by atoms with Gasteiger partial charge >= 0.3 is 0 Å². The van der Waals surface area contributed by atoms with Gasteiger partial charge in [-0.15, -0.1) is 0 Å². The molecular formula is C55H38. The van der Waals surface area contributed by atoms with Crippen molar-refractivity contribution >= 4 is 43.1 Å². The summed E-state index contributed by atoms with van der Waals surface area (Å²) in [7, 11) is 0. The van der Waals surface area contributed by atoms with Crippen molar-refractivity contribution in [2.45, 2.75) is 19.3 Å². The van der Waals surface area contributed by atoms with Gasteiger partial charge in [0.2, 0.25) is 0 Å². The van der Waals surface area contributed by atoms with Crippen LogP contribution in [0, 0.1) is 0 Å². The van der Waals surface area contributed by atoms with Crippen molar-refractivity contribution in [3.63, 3.8) is 0 Å². The Kier molecular flexibility index (Phi) is 7.00. The van der Waals surface area contributed by atoms with Crippen LogP contribution in [-0.4, -0.2) is 0 Å². The fourth-order valence-corrected chi connectivity index (χ4v) is 9.66. The van der Waals surface area contributed by atoms with E-state index in [1.54, 1.807) is 0 Å². The van der Waals surface area contributed by atoms with Crippen molar-refractivity contribution in [2.24, 2.45) is 0 Å². The van der Waals surface area contributed by atoms with Crippen molar-refractivity contribution < 1.29 is 0 Å². The predicted octanol–water partition coefficient (Wildman–Crippen LogP) is 15.3. The third-order valence-corrected chi connectivity index (χ3v) is 12.2. The summed E-state index contributed by atoms with van der Waals surface area (Å²) in [6.07, 6.45) is 0. The van der Waals surface area contributed by atoms with Crippen molar-refractivity contribution in [3.05, 3.63) is 205 Å². The molecule has 0 heteroatoms. The summed E-state index contributed by atoms with van der Waals surface area (Å²) in [5.41, 5.74) is 15.5. The molecule has 11 rings (SSSR count). The molecule has 0 bridgehead atoms. The van der Waals surface area contributed by atoms with Crippen LogP contribution >= 0.6 is 0 Å². The fraction of sp³-hybridized carbons (Fsp3) is 0.0545. The number of hydrogen-bond donors (Lipinski definition) is 0. The second kappa shape index (κ2) is 12.1. The molecule has 10 aromatic carbocycles. The molecule has 0 radical (unpaired) electrons. The van der Waals surface area contributed by atoms with Gasteiger partial charge in [0, 0.05) is 5.41 Å². The molecule has 10 aromatic rings. The maximum atomic E-state index is 2.39. The van der Waals surface area contributed by atoms with Gasteiger partial charge in [0.25, 0.3) is 0 Å². The lowest BCUT2D eigenvalue weighted by molar-refractivity contribution is 0.662. The Morgan fingerprint density at radius 3 is 1.36 bits per heavy atom. The van der Waals surface area contributed by atoms with Gasteiger partial charge in [0.1, 0.15) is 0 Å². The summed E-state index contributed by atoms with van der Waals surface area (Å²) in [5, 5.41) is 10.2. The molecule has 258 valence electrons. The molecule has 0 saturated heterocycles. The maximum Gasteiger partial charge on any atom is 0.0165 e. The molecule has 0 saturated carbocycles. The largest absolute Gasteiger partial charge is 0.0616 e. The molecule has 0 atom stereocenters. The summed E-state index contributed by atoms with van der Waals surface area (Å²) in [6.45, 7) is 4.78. The van der Waals surface area contributed by atoms with Gasteiger partial charge in [-0.1, -0.05) is 202 Å². The highest BCUT2D eigenvalue weighted by Gasteiger charge is 2.38. The molecule has 0 aromatic heterocycles. The van der Waals surface area contributed by atoms with Crippen LogP contribution in [0.15, 0.2) is 194 Å². The highest BCUT2D eigenvalue weighted by molar-refractivity contribution is 6.21. The van der Waals surface area contributed by atoms with Crippen LogP contribution in [0.5, 0.6) is 0 Å². The normalized spacial score (nSPS) is 13.1. The lowest BCUT2D eigenvalue weighted by atomic mass is 9.78. The first-order valence-electron chi connectivity index (χ1n) is 19.3. The zero-order valence-electron chi connectivity index (χ0n) is 31.0. The Morgan fingerprint density at radius 2 is 0.745 bits per heavy atom. The molecular weight excluding hydrogens is 661 g/mol. The quantitative estimate of drug-likeness (QED) is 0.161. The Morgan fingerprint density at radius 1 is 0.291 bits per heavy atom. The van der Waals surface area contributed by atoms with E-state index in [0.29, 0.717) is 0 Å². The lowest BCUT2D eigenvalue weighted by Gasteiger charge is -2.25. The standard InChI is InChI=1S/C55H38/c1-55(2)50-33-32-37-13-5-6-15-43(37)53(50)49-21-11-20-44(54(49)55)38-25-29-40(30-26-38)52-47-18-9-7-16-45(47)51(46-17-8-10-19-48(46)52)39-27-22-36(23-28-39)42-31-24-35-12-3-4-14-41(35)34-42/h3-34H,1-2H3. The number of rotatable bonds is 4. The van der Waals surface area contributed by atoms with Gasteiger partial charge in [-0.25, -0.2) is 0 Å². The van der Waals surface area contributed by atoms with E-state index in [1.165, 1.54) is 110 Å². The van der Waals surface area contributed by atoms with Gasteiger partial charge < -0.3 is 0 Å². The van der Waals surface area contributed by atoms with E-state index >= 15 is 0 Å². The highest BCUT2D eigenvalue weighted by atomic mass is 14.4. The van der Waals surface area contributed by atoms with E-state index in [2.05, 4.69) is 208 Å². The summed E-state index contributed by atoms with van der Waals surface area (Å²) in [5.74, 6) is 0. The van der Waals surface area contributed by atoms with E-state index in [1.807, 2.05) is 0 Å². The maximum absolute atomic E-state index is 2.39. The fourth-order valence-electron chi connectivity index (χ4n) is 9.66. The number of hydrogen-bond acceptors (Lipinski definition) is 0. The average molecular weight is 699 g/mol. The Balaban J connectivity index is 1.03. The summed E-state index contributed by atoms with van der Waals surface area (Å²) in [4.78, 5) is 0. The lowest BCUT2D eigenvalue weighted by Crippen LogP contribution is -2.16. The predicted molar refractivity (Wildman–Crippen MR) is 236 cm³/mol. The Labute approximate surface area is 322 Å². The molecule has 55 heavy (non-hydrogen) atoms. The molecule has 0 amide bonds. The third kappa shape index (κ3) is 4.85. The average Bonchev–Trinajstić information content (AvgIpc) is 3.49. The molecule has 1 aliphatic carbocycles. The van der Waals surface area contributed by atoms with Crippen LogP contribution in [0.3, 0.4) is 0 Å². The monoisotopic (exact) mass is 698 g/mol. The Hall–Kier alpha value is -6.76. The summed E-state index contributed by atoms with van der Waals surface area (Å²) in [6, 6.07) is 72.0. The van der Waals surface area contributed by atoms with Crippen LogP contribution in [0.4, 0.5) is 0 Å². The zero-order valence-corrected chi connectivity index (χ0v) is 31.0. The topological polar surface area (TPSA) is 0 Å². The van der Waals surface area contributed by atoms with Gasteiger partial charge in [0.05, 0.1) is 0 Å². The van der Waals surface area contributed by atoms with Crippen LogP contribution < -0.4 is 0 Å². The highest BCUT2D eigenvalue weighted by Crippen LogP contribution is 2.54. The summed E-state index contributed by atoms with van der Waals surface area (Å²) >= 11 is 0. The molecule has 0 aliphatic heterocycles. The molecule has 0 unspecified atom stereocenters. The minimum absolute atomic E-state index is 0.111. The van der Waals surface area contributed by atoms with Crippen LogP contribution in [0.1, 0.15) is 25.0 Å². The van der Waals surface area contributed by atoms with E-state index < -0.39 is 0 Å². The van der Waals surface area contributed by atoms with Crippen LogP contribution in [-0.2, 0) is 5.41 Å². The minimum Gasteiger partial charge on any atom is -0.0616 e. The summed E-state index contributed by atoms with van der Waals surface area (Å²) < 4.78 is 0. The van der Waals surface area contributed by atoms with E-state index in [9.17, 15) is 0 Å². The van der Waals surface area contributed by atoms with Gasteiger partial charge in [-0.2, -0.15) is 0 Å². The van der Waals surface area contributed by atoms with Gasteiger partial charge in [0.15, 0.2) is 0 Å². The first kappa shape index (κ1) is 31.7. The molecule has 0 fully saturated rings. The molecule has 1 aliphatic rings. The van der Waals surface area contributed by atoms with Crippen molar-refractivity contribution in [3.8, 4) is 55.6 Å². The molecule has 0 spiro atoms. The number of benzene rings is 10. The van der Waals surface area contributed by atoms with E-state index in [-0.39, 0.29) is 5.41 Å². The minimum atomic E-state index is -0.111. The van der Waals surface area contributed by atoms with Crippen LogP contribution in [0.2, 0.25) is 0 Å². The van der Waals surface area contributed by atoms with Crippen molar-refractivity contribution in [1.29, 1.82) is 0 Å². The third-order valence-electron chi connectivity index (χ3n) is 12.2. The van der Waals surface area contributed by atoms with Crippen molar-refractivity contribution in [1.82, 2.24) is 0 Å². The smallest absolute Gasteiger partial charge is 0.0165 e. The van der Waals surface area contributed by atoms with Gasteiger partial charge in [-0.3, -0.25) is 0 Å². The zero-order chi connectivity index (χ0) is 36.7. The van der Waals surface area contributed by atoms with Crippen molar-refractivity contribution in [2.75, 3.05) is 0 Å². The first-order valence-corrected chi connectivity index (χ1v) is 19.3. The van der Waals surface area contributed by atoms with E-state index in [0.717, 1.165) is 0 Å². The SMILES string of the molecule is CC1(C)c2ccc3ccccc3c2-c2cccc(-c3ccc(-c4c5ccccc5c(-c5ccc(-c6ccc7ccccc7c6)cc5)c5ccccc45)cc3)c21. The van der Waals surface area contributed by atoms with Gasteiger partial charge in [-0.05, 0) is 116 Å². The Bertz CT molecular complexity index is 3080. The van der Waals surface area contributed by atoms with Crippen LogP contribution in [0.25, 0.3) is 98.7 Å². The van der Waals surface area contributed by atoms with E-state index in [4.69, 9.17) is 0 Å². The second-order valence-corrected chi connectivity index (χ2v) is 15.6. The molecule has 0 N–H and O–H groups in total. The first-order chi connectivity index (χ1) is 27.0.